The van der Waals surface area contributed by atoms with Crippen molar-refractivity contribution < 1.29 is 19.1 Å². The number of ether oxygens (including phenoxy) is 2. The third-order valence-corrected chi connectivity index (χ3v) is 5.22. The predicted octanol–water partition coefficient (Wildman–Crippen LogP) is 1.27. The topological polar surface area (TPSA) is 93.7 Å². The molecule has 4 rings (SSSR count). The molecule has 3 heterocycles. The molecule has 0 radical (unpaired) electrons. The van der Waals surface area contributed by atoms with Crippen molar-refractivity contribution in [1.29, 1.82) is 0 Å². The number of rotatable bonds is 7. The van der Waals surface area contributed by atoms with E-state index in [9.17, 15) is 9.59 Å². The predicted molar refractivity (Wildman–Crippen MR) is 104 cm³/mol. The minimum atomic E-state index is -0.770. The largest absolute Gasteiger partial charge is 0.481 e. The van der Waals surface area contributed by atoms with Gasteiger partial charge in [-0.3, -0.25) is 14.6 Å². The van der Waals surface area contributed by atoms with E-state index < -0.39 is 12.1 Å². The molecule has 152 valence electrons. The fourth-order valence-corrected chi connectivity index (χ4v) is 3.74. The van der Waals surface area contributed by atoms with Gasteiger partial charge in [-0.2, -0.15) is 0 Å². The zero-order valence-electron chi connectivity index (χ0n) is 16.3. The number of aromatic nitrogens is 2. The Morgan fingerprint density at radius 2 is 2.14 bits per heavy atom. The van der Waals surface area contributed by atoms with Gasteiger partial charge < -0.3 is 19.7 Å². The van der Waals surface area contributed by atoms with Crippen LogP contribution >= 0.6 is 0 Å². The molecule has 8 nitrogen and oxygen atoms in total. The van der Waals surface area contributed by atoms with Gasteiger partial charge in [-0.1, -0.05) is 12.1 Å². The second-order valence-electron chi connectivity index (χ2n) is 7.21. The highest BCUT2D eigenvalue weighted by atomic mass is 16.5. The van der Waals surface area contributed by atoms with E-state index in [-0.39, 0.29) is 24.5 Å². The van der Waals surface area contributed by atoms with Gasteiger partial charge in [0, 0.05) is 36.7 Å². The Labute approximate surface area is 169 Å². The fraction of sp³-hybridized carbons (Fsp3) is 0.429. The first-order chi connectivity index (χ1) is 14.2. The quantitative estimate of drug-likeness (QED) is 0.758. The van der Waals surface area contributed by atoms with Crippen LogP contribution < -0.4 is 10.1 Å². The van der Waals surface area contributed by atoms with Crippen molar-refractivity contribution in [1.82, 2.24) is 20.2 Å². The summed E-state index contributed by atoms with van der Waals surface area (Å²) in [5.74, 6) is 0.236. The van der Waals surface area contributed by atoms with Crippen molar-refractivity contribution in [3.63, 3.8) is 0 Å². The number of carbonyl (C=O) groups is 2. The van der Waals surface area contributed by atoms with Crippen molar-refractivity contribution in [3.8, 4) is 5.88 Å². The van der Waals surface area contributed by atoms with Gasteiger partial charge >= 0.3 is 0 Å². The highest BCUT2D eigenvalue weighted by Crippen LogP contribution is 2.39. The third-order valence-electron chi connectivity index (χ3n) is 5.22. The van der Waals surface area contributed by atoms with Crippen molar-refractivity contribution in [3.05, 3.63) is 54.0 Å². The SMILES string of the molecule is COc1ncccc1CCNC(=O)[C@H]1OCC(=O)N(C2CC2)[C@@H]1c1cccnc1. The molecule has 2 atom stereocenters. The molecule has 1 saturated heterocycles. The number of hydrogen-bond acceptors (Lipinski definition) is 6. The Morgan fingerprint density at radius 1 is 1.31 bits per heavy atom. The lowest BCUT2D eigenvalue weighted by atomic mass is 9.98. The summed E-state index contributed by atoms with van der Waals surface area (Å²) >= 11 is 0. The van der Waals surface area contributed by atoms with Crippen LogP contribution in [-0.2, 0) is 20.7 Å². The normalized spacial score (nSPS) is 21.7. The summed E-state index contributed by atoms with van der Waals surface area (Å²) in [6, 6.07) is 7.15. The molecule has 1 N–H and O–H groups in total. The maximum Gasteiger partial charge on any atom is 0.251 e. The standard InChI is InChI=1S/C21H24N4O4/c1-28-21-14(4-3-10-24-21)8-11-23-20(27)19-18(15-5-2-9-22-12-15)25(16-6-7-16)17(26)13-29-19/h2-5,9-10,12,16,18-19H,6-8,11,13H2,1H3,(H,23,27)/t18-,19+/m1/s1. The molecule has 29 heavy (non-hydrogen) atoms. The molecule has 1 saturated carbocycles. The van der Waals surface area contributed by atoms with E-state index in [1.54, 1.807) is 25.7 Å². The van der Waals surface area contributed by atoms with Crippen LogP contribution in [0.5, 0.6) is 5.88 Å². The summed E-state index contributed by atoms with van der Waals surface area (Å²) < 4.78 is 11.0. The van der Waals surface area contributed by atoms with Gasteiger partial charge in [0.15, 0.2) is 6.10 Å². The summed E-state index contributed by atoms with van der Waals surface area (Å²) in [7, 11) is 1.57. The zero-order chi connectivity index (χ0) is 20.2. The maximum absolute atomic E-state index is 13.0. The van der Waals surface area contributed by atoms with E-state index in [2.05, 4.69) is 15.3 Å². The van der Waals surface area contributed by atoms with E-state index in [4.69, 9.17) is 9.47 Å². The van der Waals surface area contributed by atoms with Crippen LogP contribution in [0.1, 0.15) is 30.0 Å². The summed E-state index contributed by atoms with van der Waals surface area (Å²) in [6.45, 7) is 0.333. The van der Waals surface area contributed by atoms with Crippen LogP contribution in [0, 0.1) is 0 Å². The molecule has 2 fully saturated rings. The second kappa shape index (κ2) is 8.57. The molecule has 2 amide bonds. The number of morpholine rings is 1. The number of nitrogens with zero attached hydrogens (tertiary/aromatic N) is 3. The van der Waals surface area contributed by atoms with Crippen LogP contribution in [0.15, 0.2) is 42.9 Å². The maximum atomic E-state index is 13.0. The van der Waals surface area contributed by atoms with Crippen LogP contribution in [0.4, 0.5) is 0 Å². The molecular formula is C21H24N4O4. The van der Waals surface area contributed by atoms with Crippen molar-refractivity contribution in [2.24, 2.45) is 0 Å². The second-order valence-corrected chi connectivity index (χ2v) is 7.21. The molecule has 2 aromatic heterocycles. The van der Waals surface area contributed by atoms with Crippen molar-refractivity contribution >= 4 is 11.8 Å². The number of amides is 2. The summed E-state index contributed by atoms with van der Waals surface area (Å²) in [6.07, 6.45) is 6.76. The highest BCUT2D eigenvalue weighted by Gasteiger charge is 2.47. The first-order valence-electron chi connectivity index (χ1n) is 9.77. The van der Waals surface area contributed by atoms with E-state index in [1.807, 2.05) is 29.2 Å². The third kappa shape index (κ3) is 4.22. The number of nitrogens with one attached hydrogen (secondary N) is 1. The Kier molecular flexibility index (Phi) is 5.71. The van der Waals surface area contributed by atoms with Crippen LogP contribution in [0.2, 0.25) is 0 Å². The fourth-order valence-electron chi connectivity index (χ4n) is 3.74. The molecule has 2 aliphatic rings. The van der Waals surface area contributed by atoms with Crippen LogP contribution in [-0.4, -0.2) is 59.1 Å². The van der Waals surface area contributed by atoms with Gasteiger partial charge in [-0.05, 0) is 37.0 Å². The smallest absolute Gasteiger partial charge is 0.251 e. The van der Waals surface area contributed by atoms with Crippen LogP contribution in [0.3, 0.4) is 0 Å². The minimum Gasteiger partial charge on any atom is -0.481 e. The monoisotopic (exact) mass is 396 g/mol. The zero-order valence-corrected chi connectivity index (χ0v) is 16.3. The molecule has 1 aliphatic carbocycles. The van der Waals surface area contributed by atoms with Gasteiger partial charge in [-0.25, -0.2) is 4.98 Å². The lowest BCUT2D eigenvalue weighted by molar-refractivity contribution is -0.165. The number of pyridine rings is 2. The number of carbonyl (C=O) groups excluding carboxylic acids is 2. The summed E-state index contributed by atoms with van der Waals surface area (Å²) in [4.78, 5) is 35.7. The first kappa shape index (κ1) is 19.3. The van der Waals surface area contributed by atoms with Crippen LogP contribution in [0.25, 0.3) is 0 Å². The molecule has 0 spiro atoms. The number of methoxy groups -OCH3 is 1. The Hall–Kier alpha value is -3.00. The average Bonchev–Trinajstić information content (AvgIpc) is 3.59. The molecule has 8 heteroatoms. The Morgan fingerprint density at radius 3 is 2.86 bits per heavy atom. The first-order valence-corrected chi connectivity index (χ1v) is 9.77. The van der Waals surface area contributed by atoms with Gasteiger partial charge in [0.25, 0.3) is 5.91 Å². The molecule has 0 unspecified atom stereocenters. The van der Waals surface area contributed by atoms with Gasteiger partial charge in [0.1, 0.15) is 6.61 Å². The number of hydrogen-bond donors (Lipinski definition) is 1. The molecular weight excluding hydrogens is 372 g/mol. The van der Waals surface area contributed by atoms with E-state index in [0.29, 0.717) is 18.8 Å². The summed E-state index contributed by atoms with van der Waals surface area (Å²) in [5.41, 5.74) is 1.72. The molecule has 2 aromatic rings. The van der Waals surface area contributed by atoms with Crippen molar-refractivity contribution in [2.45, 2.75) is 37.5 Å². The molecule has 0 bridgehead atoms. The van der Waals surface area contributed by atoms with Gasteiger partial charge in [0.05, 0.1) is 13.2 Å². The molecule has 1 aliphatic heterocycles. The lowest BCUT2D eigenvalue weighted by Crippen LogP contribution is -2.55. The highest BCUT2D eigenvalue weighted by molar-refractivity contribution is 5.86. The van der Waals surface area contributed by atoms with E-state index in [0.717, 1.165) is 24.0 Å². The Balaban J connectivity index is 1.47. The van der Waals surface area contributed by atoms with E-state index in [1.165, 1.54) is 0 Å². The van der Waals surface area contributed by atoms with Crippen molar-refractivity contribution in [2.75, 3.05) is 20.3 Å². The summed E-state index contributed by atoms with van der Waals surface area (Å²) in [5, 5.41) is 2.94. The van der Waals surface area contributed by atoms with Gasteiger partial charge in [-0.15, -0.1) is 0 Å². The minimum absolute atomic E-state index is 0.0782. The molecule has 0 aromatic carbocycles. The Bertz CT molecular complexity index is 872. The van der Waals surface area contributed by atoms with E-state index >= 15 is 0 Å². The average molecular weight is 396 g/mol. The lowest BCUT2D eigenvalue weighted by Gasteiger charge is -2.40. The van der Waals surface area contributed by atoms with Gasteiger partial charge in [0.2, 0.25) is 11.8 Å².